The predicted octanol–water partition coefficient (Wildman–Crippen LogP) is 4.49. The zero-order chi connectivity index (χ0) is 16.9. The highest BCUT2D eigenvalue weighted by atomic mass is 16.2. The molecule has 2 nitrogen and oxygen atoms in total. The smallest absolute Gasteiger partial charge is 0.222 e. The lowest BCUT2D eigenvalue weighted by Gasteiger charge is -2.50. The second-order valence-corrected chi connectivity index (χ2v) is 7.66. The Morgan fingerprint density at radius 1 is 1.12 bits per heavy atom. The van der Waals surface area contributed by atoms with Crippen LogP contribution in [0.3, 0.4) is 0 Å². The molecular weight excluding hydrogens is 294 g/mol. The molecule has 0 bridgehead atoms. The summed E-state index contributed by atoms with van der Waals surface area (Å²) in [5, 5.41) is 0. The molecule has 0 radical (unpaired) electrons. The Hall–Kier alpha value is -2.09. The van der Waals surface area contributed by atoms with E-state index < -0.39 is 0 Å². The van der Waals surface area contributed by atoms with Crippen LogP contribution >= 0.6 is 0 Å². The number of aryl methyl sites for hydroxylation is 2. The van der Waals surface area contributed by atoms with E-state index in [9.17, 15) is 4.79 Å². The number of carbonyl (C=O) groups is 1. The number of likely N-dealkylation sites (N-methyl/N-ethyl adjacent to an activating group) is 1. The Morgan fingerprint density at radius 3 is 2.71 bits per heavy atom. The number of benzene rings is 2. The van der Waals surface area contributed by atoms with Crippen LogP contribution in [0.25, 0.3) is 11.1 Å². The molecule has 0 saturated carbocycles. The fraction of sp³-hybridized carbons (Fsp3) is 0.409. The van der Waals surface area contributed by atoms with Gasteiger partial charge in [-0.3, -0.25) is 4.79 Å². The number of fused-ring (bicyclic) bond motifs is 3. The minimum Gasteiger partial charge on any atom is -0.342 e. The van der Waals surface area contributed by atoms with Crippen molar-refractivity contribution in [2.45, 2.75) is 51.0 Å². The lowest BCUT2D eigenvalue weighted by atomic mass is 9.63. The van der Waals surface area contributed by atoms with E-state index in [1.165, 1.54) is 27.8 Å². The molecule has 1 saturated heterocycles. The van der Waals surface area contributed by atoms with Gasteiger partial charge < -0.3 is 4.90 Å². The van der Waals surface area contributed by atoms with Gasteiger partial charge in [0.25, 0.3) is 0 Å². The molecule has 2 heteroatoms. The van der Waals surface area contributed by atoms with Crippen molar-refractivity contribution in [1.82, 2.24) is 4.90 Å². The number of nitrogens with zero attached hydrogens (tertiary/aromatic N) is 1. The lowest BCUT2D eigenvalue weighted by molar-refractivity contribution is -0.138. The quantitative estimate of drug-likeness (QED) is 0.758. The number of hydrogen-bond donors (Lipinski definition) is 0. The van der Waals surface area contributed by atoms with Gasteiger partial charge in [0.2, 0.25) is 5.91 Å². The van der Waals surface area contributed by atoms with E-state index in [2.05, 4.69) is 56.3 Å². The molecule has 2 aromatic carbocycles. The maximum Gasteiger partial charge on any atom is 0.222 e. The van der Waals surface area contributed by atoms with Crippen molar-refractivity contribution >= 4 is 5.91 Å². The summed E-state index contributed by atoms with van der Waals surface area (Å²) in [6, 6.07) is 15.9. The Labute approximate surface area is 144 Å². The zero-order valence-electron chi connectivity index (χ0n) is 14.8. The first-order valence-corrected chi connectivity index (χ1v) is 8.96. The highest BCUT2D eigenvalue weighted by molar-refractivity contribution is 5.78. The van der Waals surface area contributed by atoms with Crippen LogP contribution in [-0.2, 0) is 16.6 Å². The maximum absolute atomic E-state index is 12.1. The Kier molecular flexibility index (Phi) is 3.52. The summed E-state index contributed by atoms with van der Waals surface area (Å²) in [6.07, 6.45) is 3.77. The molecule has 2 atom stereocenters. The summed E-state index contributed by atoms with van der Waals surface area (Å²) in [5.74, 6) is 0.303. The van der Waals surface area contributed by atoms with Gasteiger partial charge in [0.05, 0.1) is 0 Å². The number of rotatable bonds is 1. The number of carbonyl (C=O) groups excluding carboxylic acids is 1. The van der Waals surface area contributed by atoms with Crippen LogP contribution in [0.15, 0.2) is 42.5 Å². The molecule has 0 N–H and O–H groups in total. The van der Waals surface area contributed by atoms with E-state index in [0.717, 1.165) is 19.3 Å². The highest BCUT2D eigenvalue weighted by Crippen LogP contribution is 2.46. The molecule has 0 aromatic heterocycles. The average molecular weight is 319 g/mol. The van der Waals surface area contributed by atoms with E-state index in [1.54, 1.807) is 0 Å². The van der Waals surface area contributed by atoms with Gasteiger partial charge in [-0.1, -0.05) is 49.4 Å². The summed E-state index contributed by atoms with van der Waals surface area (Å²) in [7, 11) is 1.98. The molecule has 1 aliphatic carbocycles. The van der Waals surface area contributed by atoms with Gasteiger partial charge in [-0.25, -0.2) is 0 Å². The third kappa shape index (κ3) is 2.20. The molecule has 4 rings (SSSR count). The molecule has 1 aliphatic heterocycles. The molecule has 0 spiro atoms. The van der Waals surface area contributed by atoms with Crippen molar-refractivity contribution in [1.29, 1.82) is 0 Å². The van der Waals surface area contributed by atoms with Gasteiger partial charge in [0.1, 0.15) is 0 Å². The Balaban J connectivity index is 1.78. The van der Waals surface area contributed by atoms with Crippen LogP contribution in [-0.4, -0.2) is 23.9 Å². The van der Waals surface area contributed by atoms with Crippen molar-refractivity contribution in [3.8, 4) is 11.1 Å². The largest absolute Gasteiger partial charge is 0.342 e. The molecule has 1 fully saturated rings. The predicted molar refractivity (Wildman–Crippen MR) is 98.1 cm³/mol. The van der Waals surface area contributed by atoms with Crippen LogP contribution in [0.1, 0.15) is 42.9 Å². The second kappa shape index (κ2) is 5.47. The van der Waals surface area contributed by atoms with Crippen molar-refractivity contribution in [3.63, 3.8) is 0 Å². The van der Waals surface area contributed by atoms with Crippen LogP contribution < -0.4 is 0 Å². The highest BCUT2D eigenvalue weighted by Gasteiger charge is 2.46. The number of amides is 1. The number of hydrogen-bond acceptors (Lipinski definition) is 1. The summed E-state index contributed by atoms with van der Waals surface area (Å²) < 4.78 is 0. The minimum absolute atomic E-state index is 0.0977. The van der Waals surface area contributed by atoms with Gasteiger partial charge in [-0.2, -0.15) is 0 Å². The molecule has 2 aromatic rings. The summed E-state index contributed by atoms with van der Waals surface area (Å²) >= 11 is 0. The summed E-state index contributed by atoms with van der Waals surface area (Å²) in [5.41, 5.74) is 6.98. The van der Waals surface area contributed by atoms with Crippen LogP contribution in [0.2, 0.25) is 0 Å². The van der Waals surface area contributed by atoms with Crippen molar-refractivity contribution in [2.75, 3.05) is 7.05 Å². The standard InChI is InChI=1S/C22H25NO/c1-15-6-4-5-7-18(15)16-8-10-19-17(14-16)9-11-20-22(19,2)13-12-21(24)23(20)3/h4-8,10,14,20H,9,11-13H2,1-3H3/t20-,22-/m1/s1. The molecule has 2 aliphatic rings. The zero-order valence-corrected chi connectivity index (χ0v) is 14.8. The fourth-order valence-corrected chi connectivity index (χ4v) is 4.85. The van der Waals surface area contributed by atoms with Gasteiger partial charge in [-0.15, -0.1) is 0 Å². The topological polar surface area (TPSA) is 20.3 Å². The van der Waals surface area contributed by atoms with Crippen molar-refractivity contribution in [3.05, 3.63) is 59.2 Å². The average Bonchev–Trinajstić information content (AvgIpc) is 2.59. The van der Waals surface area contributed by atoms with E-state index >= 15 is 0 Å². The van der Waals surface area contributed by atoms with Crippen molar-refractivity contribution < 1.29 is 4.79 Å². The SMILES string of the molecule is Cc1ccccc1-c1ccc2c(c1)CC[C@H]1N(C)C(=O)CC[C@]21C. The third-order valence-electron chi connectivity index (χ3n) is 6.32. The maximum atomic E-state index is 12.1. The van der Waals surface area contributed by atoms with Gasteiger partial charge in [-0.05, 0) is 54.0 Å². The molecule has 24 heavy (non-hydrogen) atoms. The monoisotopic (exact) mass is 319 g/mol. The third-order valence-corrected chi connectivity index (χ3v) is 6.32. The summed E-state index contributed by atoms with van der Waals surface area (Å²) in [4.78, 5) is 14.1. The normalized spacial score (nSPS) is 26.0. The number of likely N-dealkylation sites (tertiary alicyclic amines) is 1. The second-order valence-electron chi connectivity index (χ2n) is 7.66. The Bertz CT molecular complexity index is 809. The van der Waals surface area contributed by atoms with E-state index in [4.69, 9.17) is 0 Å². The summed E-state index contributed by atoms with van der Waals surface area (Å²) in [6.45, 7) is 4.53. The molecule has 0 unspecified atom stereocenters. The molecular formula is C22H25NO. The van der Waals surface area contributed by atoms with Crippen LogP contribution in [0.4, 0.5) is 0 Å². The molecule has 1 amide bonds. The number of piperidine rings is 1. The molecule has 1 heterocycles. The first kappa shape index (κ1) is 15.4. The van der Waals surface area contributed by atoms with E-state index in [1.807, 2.05) is 11.9 Å². The fourth-order valence-electron chi connectivity index (χ4n) is 4.85. The van der Waals surface area contributed by atoms with E-state index in [0.29, 0.717) is 18.4 Å². The van der Waals surface area contributed by atoms with Crippen molar-refractivity contribution in [2.24, 2.45) is 0 Å². The molecule has 124 valence electrons. The lowest BCUT2D eigenvalue weighted by Crippen LogP contribution is -2.56. The minimum atomic E-state index is 0.0977. The first-order chi connectivity index (χ1) is 11.5. The first-order valence-electron chi connectivity index (χ1n) is 8.96. The van der Waals surface area contributed by atoms with Gasteiger partial charge in [0.15, 0.2) is 0 Å². The van der Waals surface area contributed by atoms with E-state index in [-0.39, 0.29) is 5.41 Å². The van der Waals surface area contributed by atoms with Gasteiger partial charge in [0, 0.05) is 24.9 Å². The Morgan fingerprint density at radius 2 is 1.92 bits per heavy atom. The van der Waals surface area contributed by atoms with Crippen LogP contribution in [0.5, 0.6) is 0 Å². The van der Waals surface area contributed by atoms with Crippen LogP contribution in [0, 0.1) is 6.92 Å². The van der Waals surface area contributed by atoms with Gasteiger partial charge >= 0.3 is 0 Å².